The summed E-state index contributed by atoms with van der Waals surface area (Å²) in [5.74, 6) is -0.189. The molecule has 0 spiro atoms. The minimum atomic E-state index is -0.189. The number of hydrogen-bond donors (Lipinski definition) is 1. The summed E-state index contributed by atoms with van der Waals surface area (Å²) in [6.07, 6.45) is 2.92. The van der Waals surface area contributed by atoms with Crippen molar-refractivity contribution in [1.82, 2.24) is 4.90 Å². The Hall–Kier alpha value is -0.610. The Bertz CT molecular complexity index is 156. The van der Waals surface area contributed by atoms with Gasteiger partial charge in [0.25, 0.3) is 0 Å². The van der Waals surface area contributed by atoms with Crippen LogP contribution in [0.4, 0.5) is 0 Å². The van der Waals surface area contributed by atoms with Gasteiger partial charge in [-0.2, -0.15) is 0 Å². The quantitative estimate of drug-likeness (QED) is 0.463. The second-order valence-corrected chi connectivity index (χ2v) is 3.57. The first-order chi connectivity index (χ1) is 7.24. The predicted molar refractivity (Wildman–Crippen MR) is 59.7 cm³/mol. The third-order valence-electron chi connectivity index (χ3n) is 2.07. The van der Waals surface area contributed by atoms with Gasteiger partial charge in [0.15, 0.2) is 0 Å². The van der Waals surface area contributed by atoms with Crippen molar-refractivity contribution in [2.75, 3.05) is 32.8 Å². The van der Waals surface area contributed by atoms with Crippen molar-refractivity contribution in [2.24, 2.45) is 0 Å². The Kier molecular flexibility index (Phi) is 9.52. The lowest BCUT2D eigenvalue weighted by atomic mass is 10.3. The lowest BCUT2D eigenvalue weighted by Crippen LogP contribution is -2.34. The summed E-state index contributed by atoms with van der Waals surface area (Å²) in [5.41, 5.74) is 0. The summed E-state index contributed by atoms with van der Waals surface area (Å²) in [5, 5.41) is 8.80. The summed E-state index contributed by atoms with van der Waals surface area (Å²) in [4.78, 5) is 13.2. The molecule has 1 N–H and O–H groups in total. The second-order valence-electron chi connectivity index (χ2n) is 3.57. The van der Waals surface area contributed by atoms with E-state index in [1.807, 2.05) is 11.8 Å². The van der Waals surface area contributed by atoms with Gasteiger partial charge < -0.3 is 9.84 Å². The molecule has 4 heteroatoms. The summed E-state index contributed by atoms with van der Waals surface area (Å²) in [6, 6.07) is 0. The van der Waals surface area contributed by atoms with Gasteiger partial charge in [-0.15, -0.1) is 0 Å². The first kappa shape index (κ1) is 14.4. The van der Waals surface area contributed by atoms with Gasteiger partial charge in [-0.1, -0.05) is 20.3 Å². The lowest BCUT2D eigenvalue weighted by Gasteiger charge is -2.19. The third-order valence-corrected chi connectivity index (χ3v) is 2.07. The molecule has 0 aliphatic heterocycles. The van der Waals surface area contributed by atoms with Crippen LogP contribution in [0.2, 0.25) is 0 Å². The summed E-state index contributed by atoms with van der Waals surface area (Å²) in [7, 11) is 0. The fourth-order valence-electron chi connectivity index (χ4n) is 1.29. The maximum Gasteiger partial charge on any atom is 0.320 e. The highest BCUT2D eigenvalue weighted by Gasteiger charge is 2.09. The zero-order chi connectivity index (χ0) is 11.5. The minimum absolute atomic E-state index is 0.0856. The van der Waals surface area contributed by atoms with Gasteiger partial charge in [-0.25, -0.2) is 0 Å². The van der Waals surface area contributed by atoms with Gasteiger partial charge in [-0.05, 0) is 19.4 Å². The first-order valence-electron chi connectivity index (χ1n) is 5.73. The van der Waals surface area contributed by atoms with Crippen LogP contribution in [0.3, 0.4) is 0 Å². The van der Waals surface area contributed by atoms with Gasteiger partial charge in [0.2, 0.25) is 0 Å². The van der Waals surface area contributed by atoms with Crippen molar-refractivity contribution in [1.29, 1.82) is 0 Å². The molecule has 0 aromatic heterocycles. The number of carbonyl (C=O) groups is 1. The van der Waals surface area contributed by atoms with Crippen LogP contribution in [0.15, 0.2) is 0 Å². The molecular formula is C11H23NO3. The highest BCUT2D eigenvalue weighted by molar-refractivity contribution is 5.71. The molecule has 0 amide bonds. The van der Waals surface area contributed by atoms with Gasteiger partial charge >= 0.3 is 5.97 Å². The number of aliphatic hydroxyl groups excluding tert-OH is 1. The highest BCUT2D eigenvalue weighted by Crippen LogP contribution is 1.94. The zero-order valence-electron chi connectivity index (χ0n) is 9.87. The maximum atomic E-state index is 11.3. The minimum Gasteiger partial charge on any atom is -0.465 e. The second kappa shape index (κ2) is 9.93. The van der Waals surface area contributed by atoms with E-state index < -0.39 is 0 Å². The summed E-state index contributed by atoms with van der Waals surface area (Å²) < 4.78 is 5.04. The molecule has 0 aromatic carbocycles. The van der Waals surface area contributed by atoms with E-state index in [9.17, 15) is 4.79 Å². The molecule has 15 heavy (non-hydrogen) atoms. The van der Waals surface area contributed by atoms with Crippen LogP contribution in [-0.2, 0) is 9.53 Å². The SMILES string of the molecule is CCCCOC(=O)CN(CCC)CCO. The Morgan fingerprint density at radius 2 is 2.00 bits per heavy atom. The van der Waals surface area contributed by atoms with E-state index in [0.717, 1.165) is 25.8 Å². The normalized spacial score (nSPS) is 10.7. The van der Waals surface area contributed by atoms with Crippen molar-refractivity contribution in [2.45, 2.75) is 33.1 Å². The Balaban J connectivity index is 3.67. The Morgan fingerprint density at radius 3 is 2.53 bits per heavy atom. The lowest BCUT2D eigenvalue weighted by molar-refractivity contribution is -0.145. The van der Waals surface area contributed by atoms with Gasteiger partial charge in [-0.3, -0.25) is 9.69 Å². The summed E-state index contributed by atoms with van der Waals surface area (Å²) in [6.45, 7) is 6.35. The highest BCUT2D eigenvalue weighted by atomic mass is 16.5. The molecular weight excluding hydrogens is 194 g/mol. The van der Waals surface area contributed by atoms with Gasteiger partial charge in [0, 0.05) is 6.54 Å². The molecule has 0 aliphatic carbocycles. The Labute approximate surface area is 92.2 Å². The van der Waals surface area contributed by atoms with Crippen molar-refractivity contribution in [3.8, 4) is 0 Å². The Morgan fingerprint density at radius 1 is 1.27 bits per heavy atom. The van der Waals surface area contributed by atoms with Crippen molar-refractivity contribution < 1.29 is 14.6 Å². The number of carbonyl (C=O) groups excluding carboxylic acids is 1. The molecule has 0 aromatic rings. The standard InChI is InChI=1S/C11H23NO3/c1-3-5-9-15-11(14)10-12(6-4-2)7-8-13/h13H,3-10H2,1-2H3. The molecule has 0 bridgehead atoms. The number of aliphatic hydroxyl groups is 1. The smallest absolute Gasteiger partial charge is 0.320 e. The number of hydrogen-bond acceptors (Lipinski definition) is 4. The number of unbranched alkanes of at least 4 members (excludes halogenated alkanes) is 1. The van der Waals surface area contributed by atoms with Crippen LogP contribution in [0, 0.1) is 0 Å². The van der Waals surface area contributed by atoms with Crippen molar-refractivity contribution in [3.63, 3.8) is 0 Å². The molecule has 0 unspecified atom stereocenters. The monoisotopic (exact) mass is 217 g/mol. The van der Waals surface area contributed by atoms with Crippen LogP contribution in [0.5, 0.6) is 0 Å². The largest absolute Gasteiger partial charge is 0.465 e. The first-order valence-corrected chi connectivity index (χ1v) is 5.73. The maximum absolute atomic E-state index is 11.3. The molecule has 0 saturated carbocycles. The van der Waals surface area contributed by atoms with E-state index in [-0.39, 0.29) is 19.1 Å². The van der Waals surface area contributed by atoms with Crippen LogP contribution in [0.1, 0.15) is 33.1 Å². The predicted octanol–water partition coefficient (Wildman–Crippen LogP) is 1.03. The number of ether oxygens (including phenoxy) is 1. The number of nitrogens with zero attached hydrogens (tertiary/aromatic N) is 1. The molecule has 0 radical (unpaired) electrons. The molecule has 90 valence electrons. The van der Waals surface area contributed by atoms with Gasteiger partial charge in [0.05, 0.1) is 19.8 Å². The molecule has 0 atom stereocenters. The molecule has 0 fully saturated rings. The molecule has 0 saturated heterocycles. The number of rotatable bonds is 9. The van der Waals surface area contributed by atoms with E-state index in [2.05, 4.69) is 6.92 Å². The van der Waals surface area contributed by atoms with Crippen molar-refractivity contribution in [3.05, 3.63) is 0 Å². The van der Waals surface area contributed by atoms with Crippen LogP contribution >= 0.6 is 0 Å². The van der Waals surface area contributed by atoms with Crippen LogP contribution < -0.4 is 0 Å². The zero-order valence-corrected chi connectivity index (χ0v) is 9.87. The molecule has 4 nitrogen and oxygen atoms in total. The average Bonchev–Trinajstić information content (AvgIpc) is 2.19. The van der Waals surface area contributed by atoms with Crippen molar-refractivity contribution >= 4 is 5.97 Å². The van der Waals surface area contributed by atoms with Gasteiger partial charge in [0.1, 0.15) is 0 Å². The van der Waals surface area contributed by atoms with E-state index in [1.54, 1.807) is 0 Å². The van der Waals surface area contributed by atoms with Crippen LogP contribution in [-0.4, -0.2) is 48.8 Å². The fourth-order valence-corrected chi connectivity index (χ4v) is 1.29. The fraction of sp³-hybridized carbons (Fsp3) is 0.909. The average molecular weight is 217 g/mol. The van der Waals surface area contributed by atoms with E-state index >= 15 is 0 Å². The third kappa shape index (κ3) is 8.39. The topological polar surface area (TPSA) is 49.8 Å². The van der Waals surface area contributed by atoms with E-state index in [0.29, 0.717) is 13.2 Å². The van der Waals surface area contributed by atoms with E-state index in [4.69, 9.17) is 9.84 Å². The van der Waals surface area contributed by atoms with E-state index in [1.165, 1.54) is 0 Å². The van der Waals surface area contributed by atoms with Crippen LogP contribution in [0.25, 0.3) is 0 Å². The molecule has 0 heterocycles. The number of esters is 1. The summed E-state index contributed by atoms with van der Waals surface area (Å²) >= 11 is 0. The molecule has 0 rings (SSSR count). The molecule has 0 aliphatic rings.